The molecule has 1 saturated heterocycles. The Labute approximate surface area is 112 Å². The van der Waals surface area contributed by atoms with Gasteiger partial charge in [0.1, 0.15) is 5.65 Å². The van der Waals surface area contributed by atoms with Crippen molar-refractivity contribution in [1.82, 2.24) is 14.3 Å². The molecule has 3 heterocycles. The van der Waals surface area contributed by atoms with Gasteiger partial charge in [-0.2, -0.15) is 0 Å². The molecule has 0 bridgehead atoms. The van der Waals surface area contributed by atoms with Crippen molar-refractivity contribution in [3.05, 3.63) is 36.3 Å². The Morgan fingerprint density at radius 1 is 1.37 bits per heavy atom. The van der Waals surface area contributed by atoms with Gasteiger partial charge in [-0.25, -0.2) is 4.98 Å². The highest BCUT2D eigenvalue weighted by Crippen LogP contribution is 2.51. The van der Waals surface area contributed by atoms with E-state index in [9.17, 15) is 4.79 Å². The van der Waals surface area contributed by atoms with Crippen molar-refractivity contribution < 1.29 is 4.79 Å². The number of aromatic nitrogens is 2. The minimum atomic E-state index is 0.410. The molecule has 2 aliphatic rings. The Balaban J connectivity index is 1.55. The molecule has 2 aromatic heterocycles. The maximum atomic E-state index is 10.7. The summed E-state index contributed by atoms with van der Waals surface area (Å²) >= 11 is 0. The van der Waals surface area contributed by atoms with Crippen LogP contribution in [0.3, 0.4) is 0 Å². The van der Waals surface area contributed by atoms with Crippen LogP contribution in [-0.4, -0.2) is 33.8 Å². The van der Waals surface area contributed by atoms with Crippen molar-refractivity contribution in [2.75, 3.05) is 13.1 Å². The van der Waals surface area contributed by atoms with Gasteiger partial charge in [0.15, 0.2) is 0 Å². The van der Waals surface area contributed by atoms with Crippen molar-refractivity contribution in [3.63, 3.8) is 0 Å². The number of imidazole rings is 1. The second kappa shape index (κ2) is 3.83. The molecule has 0 N–H and O–H groups in total. The molecule has 2 aromatic rings. The molecule has 4 rings (SSSR count). The third-order valence-corrected chi connectivity index (χ3v) is 4.82. The lowest BCUT2D eigenvalue weighted by molar-refractivity contribution is -0.129. The van der Waals surface area contributed by atoms with Gasteiger partial charge in [0.05, 0.1) is 0 Å². The van der Waals surface area contributed by atoms with Crippen molar-refractivity contribution >= 4 is 12.1 Å². The fraction of sp³-hybridized carbons (Fsp3) is 0.467. The molecule has 1 aliphatic heterocycles. The highest BCUT2D eigenvalue weighted by molar-refractivity contribution is 5.50. The second-order valence-electron chi connectivity index (χ2n) is 6.10. The van der Waals surface area contributed by atoms with Gasteiger partial charge < -0.3 is 9.30 Å². The molecule has 1 unspecified atom stereocenters. The van der Waals surface area contributed by atoms with Crippen molar-refractivity contribution in [1.29, 1.82) is 0 Å². The first-order chi connectivity index (χ1) is 9.28. The number of carbonyl (C=O) groups excluding carboxylic acids is 1. The Morgan fingerprint density at radius 2 is 2.26 bits per heavy atom. The van der Waals surface area contributed by atoms with Gasteiger partial charge in [0.2, 0.25) is 6.41 Å². The van der Waals surface area contributed by atoms with Crippen LogP contribution in [0.5, 0.6) is 0 Å². The summed E-state index contributed by atoms with van der Waals surface area (Å²) < 4.78 is 2.05. The SMILES string of the molecule is O=CN1CC2(CCC(c3ccn4ccnc4c3)C2)C1. The second-order valence-corrected chi connectivity index (χ2v) is 6.10. The zero-order chi connectivity index (χ0) is 12.9. The number of nitrogens with zero attached hydrogens (tertiary/aromatic N) is 3. The molecule has 2 fully saturated rings. The van der Waals surface area contributed by atoms with E-state index in [0.29, 0.717) is 11.3 Å². The summed E-state index contributed by atoms with van der Waals surface area (Å²) in [4.78, 5) is 17.0. The first-order valence-electron chi connectivity index (χ1n) is 6.90. The number of rotatable bonds is 2. The van der Waals surface area contributed by atoms with Gasteiger partial charge in [0, 0.05) is 37.1 Å². The van der Waals surface area contributed by atoms with E-state index in [1.807, 2.05) is 21.7 Å². The number of pyridine rings is 1. The monoisotopic (exact) mass is 255 g/mol. The Morgan fingerprint density at radius 3 is 3.11 bits per heavy atom. The van der Waals surface area contributed by atoms with Gasteiger partial charge in [-0.1, -0.05) is 0 Å². The maximum absolute atomic E-state index is 10.7. The average Bonchev–Trinajstić information content (AvgIpc) is 3.02. The Kier molecular flexibility index (Phi) is 2.22. The zero-order valence-corrected chi connectivity index (χ0v) is 10.8. The summed E-state index contributed by atoms with van der Waals surface area (Å²) in [6, 6.07) is 4.42. The number of fused-ring (bicyclic) bond motifs is 1. The van der Waals surface area contributed by atoms with Gasteiger partial charge in [-0.3, -0.25) is 4.79 Å². The highest BCUT2D eigenvalue weighted by atomic mass is 16.1. The summed E-state index contributed by atoms with van der Waals surface area (Å²) in [6.07, 6.45) is 10.6. The lowest BCUT2D eigenvalue weighted by Crippen LogP contribution is -2.54. The number of carbonyl (C=O) groups is 1. The van der Waals surface area contributed by atoms with E-state index in [-0.39, 0.29) is 0 Å². The molecule has 98 valence electrons. The van der Waals surface area contributed by atoms with Crippen LogP contribution in [-0.2, 0) is 4.79 Å². The van der Waals surface area contributed by atoms with E-state index in [1.165, 1.54) is 24.8 Å². The van der Waals surface area contributed by atoms with E-state index >= 15 is 0 Å². The topological polar surface area (TPSA) is 37.6 Å². The predicted molar refractivity (Wildman–Crippen MR) is 71.9 cm³/mol. The Bertz CT molecular complexity index is 627. The summed E-state index contributed by atoms with van der Waals surface area (Å²) in [5.41, 5.74) is 2.84. The molecule has 4 heteroatoms. The predicted octanol–water partition coefficient (Wildman–Crippen LogP) is 2.06. The minimum Gasteiger partial charge on any atom is -0.344 e. The van der Waals surface area contributed by atoms with Crippen LogP contribution in [0.15, 0.2) is 30.7 Å². The summed E-state index contributed by atoms with van der Waals surface area (Å²) in [5.74, 6) is 0.635. The van der Waals surface area contributed by atoms with Crippen LogP contribution in [0.2, 0.25) is 0 Å². The molecule has 1 atom stereocenters. The highest BCUT2D eigenvalue weighted by Gasteiger charge is 2.47. The minimum absolute atomic E-state index is 0.410. The van der Waals surface area contributed by atoms with Crippen molar-refractivity contribution in [2.24, 2.45) is 5.41 Å². The van der Waals surface area contributed by atoms with Crippen molar-refractivity contribution in [3.8, 4) is 0 Å². The number of hydrogen-bond acceptors (Lipinski definition) is 2. The van der Waals surface area contributed by atoms with E-state index < -0.39 is 0 Å². The average molecular weight is 255 g/mol. The van der Waals surface area contributed by atoms with Gasteiger partial charge in [-0.05, 0) is 42.9 Å². The largest absolute Gasteiger partial charge is 0.344 e. The van der Waals surface area contributed by atoms with Crippen LogP contribution in [0.4, 0.5) is 0 Å². The quantitative estimate of drug-likeness (QED) is 0.770. The first kappa shape index (κ1) is 11.0. The lowest BCUT2D eigenvalue weighted by Gasteiger charge is -2.46. The van der Waals surface area contributed by atoms with E-state index in [0.717, 1.165) is 25.1 Å². The molecule has 1 saturated carbocycles. The van der Waals surface area contributed by atoms with E-state index in [1.54, 1.807) is 0 Å². The third-order valence-electron chi connectivity index (χ3n) is 4.82. The summed E-state index contributed by atoms with van der Waals surface area (Å²) in [5, 5.41) is 0. The Hall–Kier alpha value is -1.84. The summed E-state index contributed by atoms with van der Waals surface area (Å²) in [6.45, 7) is 1.91. The van der Waals surface area contributed by atoms with Gasteiger partial charge >= 0.3 is 0 Å². The van der Waals surface area contributed by atoms with Crippen LogP contribution < -0.4 is 0 Å². The molecule has 19 heavy (non-hydrogen) atoms. The molecule has 1 aliphatic carbocycles. The molecule has 1 amide bonds. The molecule has 1 spiro atoms. The van der Waals surface area contributed by atoms with Crippen LogP contribution in [0.25, 0.3) is 5.65 Å². The van der Waals surface area contributed by atoms with Gasteiger partial charge in [0.25, 0.3) is 0 Å². The molecule has 0 aromatic carbocycles. The third kappa shape index (κ3) is 1.66. The normalized spacial score (nSPS) is 24.8. The van der Waals surface area contributed by atoms with Crippen molar-refractivity contribution in [2.45, 2.75) is 25.2 Å². The van der Waals surface area contributed by atoms with E-state index in [2.05, 4.69) is 23.3 Å². The summed E-state index contributed by atoms with van der Waals surface area (Å²) in [7, 11) is 0. The maximum Gasteiger partial charge on any atom is 0.209 e. The molecule has 4 nitrogen and oxygen atoms in total. The van der Waals surface area contributed by atoms with Crippen LogP contribution in [0, 0.1) is 5.41 Å². The standard InChI is InChI=1S/C15H17N3O/c19-11-17-9-15(10-17)3-1-13(8-15)12-2-5-18-6-4-16-14(18)7-12/h2,4-7,11,13H,1,3,8-10H2. The molecule has 0 radical (unpaired) electrons. The number of likely N-dealkylation sites (tertiary alicyclic amines) is 1. The van der Waals surface area contributed by atoms with Crippen LogP contribution in [0.1, 0.15) is 30.7 Å². The number of amides is 1. The fourth-order valence-electron chi connectivity index (χ4n) is 3.85. The lowest BCUT2D eigenvalue weighted by atomic mass is 9.77. The van der Waals surface area contributed by atoms with E-state index in [4.69, 9.17) is 0 Å². The molecular weight excluding hydrogens is 238 g/mol. The van der Waals surface area contributed by atoms with Gasteiger partial charge in [-0.15, -0.1) is 0 Å². The zero-order valence-electron chi connectivity index (χ0n) is 10.8. The van der Waals surface area contributed by atoms with Crippen LogP contribution >= 0.6 is 0 Å². The smallest absolute Gasteiger partial charge is 0.209 e. The molecular formula is C15H17N3O. The first-order valence-corrected chi connectivity index (χ1v) is 6.90. The fourth-order valence-corrected chi connectivity index (χ4v) is 3.85. The number of hydrogen-bond donors (Lipinski definition) is 0.